The third-order valence-corrected chi connectivity index (χ3v) is 6.78. The predicted octanol–water partition coefficient (Wildman–Crippen LogP) is 2.16. The average Bonchev–Trinajstić information content (AvgIpc) is 3.22. The van der Waals surface area contributed by atoms with Crippen molar-refractivity contribution in [1.82, 2.24) is 14.2 Å². The van der Waals surface area contributed by atoms with Gasteiger partial charge in [0, 0.05) is 41.8 Å². The van der Waals surface area contributed by atoms with E-state index in [0.29, 0.717) is 18.4 Å². The van der Waals surface area contributed by atoms with Crippen LogP contribution in [0.5, 0.6) is 0 Å². The number of sulfonamides is 1. The number of piperidine rings is 1. The van der Waals surface area contributed by atoms with Gasteiger partial charge >= 0.3 is 0 Å². The number of nitrogens with one attached hydrogen (secondary N) is 1. The minimum absolute atomic E-state index is 0.0187. The minimum atomic E-state index is -3.17. The van der Waals surface area contributed by atoms with Gasteiger partial charge in [0.1, 0.15) is 0 Å². The Morgan fingerprint density at radius 3 is 2.15 bits per heavy atom. The van der Waals surface area contributed by atoms with Crippen LogP contribution in [0.1, 0.15) is 36.0 Å². The molecule has 4 rings (SSSR count). The maximum atomic E-state index is 12.6. The zero-order valence-corrected chi connectivity index (χ0v) is 15.5. The molecule has 2 unspecified atom stereocenters. The third-order valence-electron chi connectivity index (χ3n) is 5.42. The Labute approximate surface area is 153 Å². The molecule has 0 radical (unpaired) electrons. The molecule has 26 heavy (non-hydrogen) atoms. The molecule has 2 fully saturated rings. The molecule has 0 saturated carbocycles. The van der Waals surface area contributed by atoms with Crippen LogP contribution in [0.25, 0.3) is 5.69 Å². The lowest BCUT2D eigenvalue weighted by atomic mass is 9.99. The van der Waals surface area contributed by atoms with Crippen molar-refractivity contribution in [2.75, 3.05) is 6.26 Å². The molecule has 2 aliphatic heterocycles. The van der Waals surface area contributed by atoms with Crippen molar-refractivity contribution in [1.29, 1.82) is 0 Å². The number of aromatic nitrogens is 1. The second-order valence-electron chi connectivity index (χ2n) is 7.26. The highest BCUT2D eigenvalue weighted by Gasteiger charge is 2.45. The third kappa shape index (κ3) is 3.29. The van der Waals surface area contributed by atoms with E-state index in [0.717, 1.165) is 18.5 Å². The summed E-state index contributed by atoms with van der Waals surface area (Å²) in [5.74, 6) is -0.0961. The maximum Gasteiger partial charge on any atom is 0.251 e. The first-order valence-electron chi connectivity index (χ1n) is 8.94. The highest BCUT2D eigenvalue weighted by molar-refractivity contribution is 7.88. The smallest absolute Gasteiger partial charge is 0.251 e. The van der Waals surface area contributed by atoms with Gasteiger partial charge in [-0.2, -0.15) is 4.31 Å². The molecule has 2 bridgehead atoms. The van der Waals surface area contributed by atoms with E-state index in [-0.39, 0.29) is 24.0 Å². The van der Waals surface area contributed by atoms with Gasteiger partial charge in [-0.3, -0.25) is 4.79 Å². The quantitative estimate of drug-likeness (QED) is 0.893. The highest BCUT2D eigenvalue weighted by atomic mass is 32.2. The fraction of sp³-hybridized carbons (Fsp3) is 0.421. The minimum Gasteiger partial charge on any atom is -0.349 e. The number of carbonyl (C=O) groups is 1. The number of hydrogen-bond donors (Lipinski definition) is 1. The molecule has 0 spiro atoms. The molecule has 1 N–H and O–H groups in total. The fourth-order valence-corrected chi connectivity index (χ4v) is 5.82. The van der Waals surface area contributed by atoms with Gasteiger partial charge in [-0.15, -0.1) is 0 Å². The summed E-state index contributed by atoms with van der Waals surface area (Å²) >= 11 is 0. The van der Waals surface area contributed by atoms with Gasteiger partial charge in [-0.05, 0) is 62.1 Å². The fourth-order valence-electron chi connectivity index (χ4n) is 4.35. The predicted molar refractivity (Wildman–Crippen MR) is 99.8 cm³/mol. The van der Waals surface area contributed by atoms with Crippen LogP contribution in [0.15, 0.2) is 48.8 Å². The van der Waals surface area contributed by atoms with Gasteiger partial charge in [0.05, 0.1) is 6.26 Å². The molecule has 2 saturated heterocycles. The Morgan fingerprint density at radius 1 is 1.04 bits per heavy atom. The van der Waals surface area contributed by atoms with E-state index >= 15 is 0 Å². The molecule has 2 atom stereocenters. The molecule has 2 aliphatic rings. The molecular weight excluding hydrogens is 350 g/mol. The van der Waals surface area contributed by atoms with E-state index in [1.165, 1.54) is 6.26 Å². The molecular formula is C19H23N3O3S. The number of amides is 1. The van der Waals surface area contributed by atoms with Crippen LogP contribution in [-0.4, -0.2) is 47.6 Å². The van der Waals surface area contributed by atoms with Gasteiger partial charge in [-0.25, -0.2) is 8.42 Å². The highest BCUT2D eigenvalue weighted by Crippen LogP contribution is 2.37. The van der Waals surface area contributed by atoms with E-state index in [2.05, 4.69) is 5.32 Å². The monoisotopic (exact) mass is 373 g/mol. The summed E-state index contributed by atoms with van der Waals surface area (Å²) in [4.78, 5) is 12.6. The summed E-state index contributed by atoms with van der Waals surface area (Å²) < 4.78 is 27.6. The van der Waals surface area contributed by atoms with E-state index in [1.807, 2.05) is 53.4 Å². The van der Waals surface area contributed by atoms with Gasteiger partial charge < -0.3 is 9.88 Å². The molecule has 138 valence electrons. The van der Waals surface area contributed by atoms with Gasteiger partial charge in [0.2, 0.25) is 10.0 Å². The number of rotatable bonds is 4. The summed E-state index contributed by atoms with van der Waals surface area (Å²) in [7, 11) is -3.17. The van der Waals surface area contributed by atoms with E-state index in [1.54, 1.807) is 4.31 Å². The number of fused-ring (bicyclic) bond motifs is 2. The number of hydrogen-bond acceptors (Lipinski definition) is 3. The Bertz CT molecular complexity index is 877. The lowest BCUT2D eigenvalue weighted by molar-refractivity contribution is 0.0909. The number of nitrogens with zero attached hydrogens (tertiary/aromatic N) is 2. The lowest BCUT2D eigenvalue weighted by Gasteiger charge is -2.37. The summed E-state index contributed by atoms with van der Waals surface area (Å²) in [6.07, 6.45) is 8.35. The van der Waals surface area contributed by atoms with Gasteiger partial charge in [0.25, 0.3) is 5.91 Å². The van der Waals surface area contributed by atoms with Crippen molar-refractivity contribution in [3.63, 3.8) is 0 Å². The van der Waals surface area contributed by atoms with Crippen molar-refractivity contribution < 1.29 is 13.2 Å². The summed E-state index contributed by atoms with van der Waals surface area (Å²) in [6.45, 7) is 0. The van der Waals surface area contributed by atoms with Crippen molar-refractivity contribution in [3.8, 4) is 5.69 Å². The van der Waals surface area contributed by atoms with E-state index in [4.69, 9.17) is 0 Å². The average molecular weight is 373 g/mol. The van der Waals surface area contributed by atoms with Gasteiger partial charge in [0.15, 0.2) is 0 Å². The second kappa shape index (κ2) is 6.55. The largest absolute Gasteiger partial charge is 0.349 e. The Morgan fingerprint density at radius 2 is 1.62 bits per heavy atom. The Kier molecular flexibility index (Phi) is 4.36. The first-order valence-corrected chi connectivity index (χ1v) is 10.8. The van der Waals surface area contributed by atoms with Gasteiger partial charge in [-0.1, -0.05) is 0 Å². The second-order valence-corrected chi connectivity index (χ2v) is 9.14. The first-order chi connectivity index (χ1) is 12.4. The Balaban J connectivity index is 1.42. The zero-order valence-electron chi connectivity index (χ0n) is 14.7. The molecule has 1 amide bonds. The molecule has 1 aromatic carbocycles. The normalized spacial score (nSPS) is 26.0. The van der Waals surface area contributed by atoms with Crippen LogP contribution < -0.4 is 5.32 Å². The van der Waals surface area contributed by atoms with E-state index in [9.17, 15) is 13.2 Å². The summed E-state index contributed by atoms with van der Waals surface area (Å²) in [5, 5.41) is 3.09. The van der Waals surface area contributed by atoms with Crippen molar-refractivity contribution in [3.05, 3.63) is 54.4 Å². The topological polar surface area (TPSA) is 71.4 Å². The van der Waals surface area contributed by atoms with Crippen LogP contribution in [0.4, 0.5) is 0 Å². The first kappa shape index (κ1) is 17.3. The zero-order chi connectivity index (χ0) is 18.3. The van der Waals surface area contributed by atoms with E-state index < -0.39 is 10.0 Å². The van der Waals surface area contributed by atoms with Crippen molar-refractivity contribution in [2.24, 2.45) is 0 Å². The molecule has 7 heteroatoms. The van der Waals surface area contributed by atoms with Crippen LogP contribution in [0.2, 0.25) is 0 Å². The van der Waals surface area contributed by atoms with Crippen LogP contribution >= 0.6 is 0 Å². The number of carbonyl (C=O) groups excluding carboxylic acids is 1. The van der Waals surface area contributed by atoms with Crippen LogP contribution in [0, 0.1) is 0 Å². The van der Waals surface area contributed by atoms with Crippen molar-refractivity contribution >= 4 is 15.9 Å². The molecule has 0 aliphatic carbocycles. The lowest BCUT2D eigenvalue weighted by Crippen LogP contribution is -2.52. The molecule has 3 heterocycles. The SMILES string of the molecule is CS(=O)(=O)N1C2CCC1CC(NC(=O)c1ccc(-n3cccc3)cc1)C2. The summed E-state index contributed by atoms with van der Waals surface area (Å²) in [6, 6.07) is 11.5. The molecule has 6 nitrogen and oxygen atoms in total. The van der Waals surface area contributed by atoms with Crippen LogP contribution in [0.3, 0.4) is 0 Å². The molecule has 1 aromatic heterocycles. The standard InChI is InChI=1S/C19H23N3O3S/c1-26(24,25)22-17-8-9-18(22)13-15(12-17)20-19(23)14-4-6-16(7-5-14)21-10-2-3-11-21/h2-7,10-11,15,17-18H,8-9,12-13H2,1H3,(H,20,23). The number of benzene rings is 1. The van der Waals surface area contributed by atoms with Crippen LogP contribution in [-0.2, 0) is 10.0 Å². The van der Waals surface area contributed by atoms with Crippen molar-refractivity contribution in [2.45, 2.75) is 43.8 Å². The summed E-state index contributed by atoms with van der Waals surface area (Å²) in [5.41, 5.74) is 1.63. The molecule has 2 aromatic rings. The Hall–Kier alpha value is -2.12. The maximum absolute atomic E-state index is 12.6.